The number of carbonyl (C=O) groups excluding carboxylic acids is 1. The lowest BCUT2D eigenvalue weighted by Crippen LogP contribution is -2.25. The second-order valence-corrected chi connectivity index (χ2v) is 5.32. The molecule has 0 unspecified atom stereocenters. The highest BCUT2D eigenvalue weighted by Crippen LogP contribution is 2.20. The van der Waals surface area contributed by atoms with E-state index >= 15 is 0 Å². The zero-order chi connectivity index (χ0) is 16.5. The molecule has 0 aliphatic carbocycles. The summed E-state index contributed by atoms with van der Waals surface area (Å²) < 4.78 is 5.92. The SMILES string of the molecule is Cc1cccc(COc2ccccc2CCNC(=O)CC#N)c1. The third kappa shape index (κ3) is 5.48. The number of nitriles is 1. The molecule has 118 valence electrons. The number of benzene rings is 2. The molecule has 0 spiro atoms. The molecule has 0 saturated carbocycles. The van der Waals surface area contributed by atoms with Gasteiger partial charge in [0.05, 0.1) is 6.07 Å². The highest BCUT2D eigenvalue weighted by molar-refractivity contribution is 5.77. The van der Waals surface area contributed by atoms with Crippen molar-refractivity contribution in [3.8, 4) is 11.8 Å². The summed E-state index contributed by atoms with van der Waals surface area (Å²) in [5.41, 5.74) is 3.37. The number of hydrogen-bond acceptors (Lipinski definition) is 3. The van der Waals surface area contributed by atoms with E-state index in [1.165, 1.54) is 5.56 Å². The van der Waals surface area contributed by atoms with Gasteiger partial charge in [0.25, 0.3) is 0 Å². The summed E-state index contributed by atoms with van der Waals surface area (Å²) in [7, 11) is 0. The Morgan fingerprint density at radius 2 is 2.04 bits per heavy atom. The van der Waals surface area contributed by atoms with Gasteiger partial charge in [0, 0.05) is 6.54 Å². The predicted octanol–water partition coefficient (Wildman–Crippen LogP) is 3.15. The van der Waals surface area contributed by atoms with E-state index in [1.54, 1.807) is 0 Å². The van der Waals surface area contributed by atoms with Crippen molar-refractivity contribution in [1.29, 1.82) is 5.26 Å². The molecular weight excluding hydrogens is 288 g/mol. The summed E-state index contributed by atoms with van der Waals surface area (Å²) in [4.78, 5) is 11.3. The first-order valence-corrected chi connectivity index (χ1v) is 7.59. The minimum absolute atomic E-state index is 0.106. The molecule has 2 aromatic carbocycles. The summed E-state index contributed by atoms with van der Waals surface area (Å²) in [6, 6.07) is 17.9. The molecule has 0 aromatic heterocycles. The van der Waals surface area contributed by atoms with E-state index in [0.29, 0.717) is 19.6 Å². The third-order valence-electron chi connectivity index (χ3n) is 3.41. The lowest BCUT2D eigenvalue weighted by Gasteiger charge is -2.12. The second-order valence-electron chi connectivity index (χ2n) is 5.32. The Bertz CT molecular complexity index is 705. The number of ether oxygens (including phenoxy) is 1. The van der Waals surface area contributed by atoms with Crippen LogP contribution in [0.25, 0.3) is 0 Å². The summed E-state index contributed by atoms with van der Waals surface area (Å²) in [6.45, 7) is 3.06. The van der Waals surface area contributed by atoms with Crippen molar-refractivity contribution < 1.29 is 9.53 Å². The molecule has 0 saturated heterocycles. The second kappa shape index (κ2) is 8.60. The number of para-hydroxylation sites is 1. The number of rotatable bonds is 7. The normalized spacial score (nSPS) is 9.91. The van der Waals surface area contributed by atoms with Gasteiger partial charge in [-0.2, -0.15) is 5.26 Å². The summed E-state index contributed by atoms with van der Waals surface area (Å²) >= 11 is 0. The van der Waals surface area contributed by atoms with Gasteiger partial charge in [0.1, 0.15) is 18.8 Å². The standard InChI is InChI=1S/C19H20N2O2/c1-15-5-4-6-16(13-15)14-23-18-8-3-2-7-17(18)10-12-21-19(22)9-11-20/h2-8,13H,9-10,12,14H2,1H3,(H,21,22). The largest absolute Gasteiger partial charge is 0.489 e. The van der Waals surface area contributed by atoms with E-state index in [2.05, 4.69) is 24.4 Å². The molecule has 0 aliphatic rings. The van der Waals surface area contributed by atoms with Crippen LogP contribution in [0.1, 0.15) is 23.1 Å². The zero-order valence-corrected chi connectivity index (χ0v) is 13.2. The fourth-order valence-electron chi connectivity index (χ4n) is 2.29. The molecule has 0 bridgehead atoms. The number of amides is 1. The highest BCUT2D eigenvalue weighted by Gasteiger charge is 2.05. The number of nitrogens with zero attached hydrogens (tertiary/aromatic N) is 1. The van der Waals surface area contributed by atoms with Crippen LogP contribution in [0.3, 0.4) is 0 Å². The molecule has 23 heavy (non-hydrogen) atoms. The minimum Gasteiger partial charge on any atom is -0.489 e. The maximum Gasteiger partial charge on any atom is 0.234 e. The van der Waals surface area contributed by atoms with Gasteiger partial charge in [-0.15, -0.1) is 0 Å². The first-order valence-electron chi connectivity index (χ1n) is 7.59. The van der Waals surface area contributed by atoms with Gasteiger partial charge in [-0.05, 0) is 30.5 Å². The van der Waals surface area contributed by atoms with E-state index < -0.39 is 0 Å². The van der Waals surface area contributed by atoms with E-state index in [-0.39, 0.29) is 12.3 Å². The van der Waals surface area contributed by atoms with Crippen LogP contribution < -0.4 is 10.1 Å². The van der Waals surface area contributed by atoms with Crippen LogP contribution in [0.15, 0.2) is 48.5 Å². The van der Waals surface area contributed by atoms with Crippen molar-refractivity contribution in [2.45, 2.75) is 26.4 Å². The van der Waals surface area contributed by atoms with Gasteiger partial charge in [0.2, 0.25) is 5.91 Å². The third-order valence-corrected chi connectivity index (χ3v) is 3.41. The van der Waals surface area contributed by atoms with Gasteiger partial charge in [0.15, 0.2) is 0 Å². The molecule has 4 heteroatoms. The van der Waals surface area contributed by atoms with Gasteiger partial charge in [-0.3, -0.25) is 4.79 Å². The first kappa shape index (κ1) is 16.6. The Labute approximate surface area is 136 Å². The Balaban J connectivity index is 1.92. The molecule has 0 aliphatic heterocycles. The van der Waals surface area contributed by atoms with Gasteiger partial charge >= 0.3 is 0 Å². The average Bonchev–Trinajstić information content (AvgIpc) is 2.54. The molecule has 0 heterocycles. The molecular formula is C19H20N2O2. The molecule has 0 atom stereocenters. The lowest BCUT2D eigenvalue weighted by atomic mass is 10.1. The van der Waals surface area contributed by atoms with Crippen LogP contribution in [0, 0.1) is 18.3 Å². The molecule has 0 radical (unpaired) electrons. The molecule has 2 rings (SSSR count). The van der Waals surface area contributed by atoms with Crippen molar-refractivity contribution in [1.82, 2.24) is 5.32 Å². The monoisotopic (exact) mass is 308 g/mol. The number of nitrogens with one attached hydrogen (secondary N) is 1. The smallest absolute Gasteiger partial charge is 0.234 e. The van der Waals surface area contributed by atoms with E-state index in [4.69, 9.17) is 10.00 Å². The van der Waals surface area contributed by atoms with Crippen molar-refractivity contribution in [3.63, 3.8) is 0 Å². The molecule has 2 aromatic rings. The van der Waals surface area contributed by atoms with Gasteiger partial charge in [-0.1, -0.05) is 48.0 Å². The van der Waals surface area contributed by atoms with E-state index in [0.717, 1.165) is 16.9 Å². The fraction of sp³-hybridized carbons (Fsp3) is 0.263. The Morgan fingerprint density at radius 3 is 2.83 bits per heavy atom. The zero-order valence-electron chi connectivity index (χ0n) is 13.2. The Morgan fingerprint density at radius 1 is 1.22 bits per heavy atom. The fourth-order valence-corrected chi connectivity index (χ4v) is 2.29. The quantitative estimate of drug-likeness (QED) is 0.854. The van der Waals surface area contributed by atoms with Crippen LogP contribution in [0.4, 0.5) is 0 Å². The molecule has 1 amide bonds. The average molecular weight is 308 g/mol. The number of hydrogen-bond donors (Lipinski definition) is 1. The summed E-state index contributed by atoms with van der Waals surface area (Å²) in [5, 5.41) is 11.2. The number of aryl methyl sites for hydroxylation is 1. The minimum atomic E-state index is -0.245. The Hall–Kier alpha value is -2.80. The maximum absolute atomic E-state index is 11.3. The van der Waals surface area contributed by atoms with E-state index in [9.17, 15) is 4.79 Å². The van der Waals surface area contributed by atoms with Gasteiger partial charge in [-0.25, -0.2) is 0 Å². The van der Waals surface area contributed by atoms with Crippen LogP contribution in [0.2, 0.25) is 0 Å². The lowest BCUT2D eigenvalue weighted by molar-refractivity contribution is -0.120. The number of carbonyl (C=O) groups is 1. The highest BCUT2D eigenvalue weighted by atomic mass is 16.5. The van der Waals surface area contributed by atoms with Crippen LogP contribution in [-0.4, -0.2) is 12.5 Å². The summed E-state index contributed by atoms with van der Waals surface area (Å²) in [6.07, 6.45) is 0.562. The summed E-state index contributed by atoms with van der Waals surface area (Å²) in [5.74, 6) is 0.578. The van der Waals surface area contributed by atoms with Crippen LogP contribution in [-0.2, 0) is 17.8 Å². The van der Waals surface area contributed by atoms with Crippen molar-refractivity contribution in [2.24, 2.45) is 0 Å². The predicted molar refractivity (Wildman–Crippen MR) is 88.9 cm³/mol. The van der Waals surface area contributed by atoms with Crippen molar-refractivity contribution >= 4 is 5.91 Å². The van der Waals surface area contributed by atoms with Crippen LogP contribution in [0.5, 0.6) is 5.75 Å². The van der Waals surface area contributed by atoms with Crippen molar-refractivity contribution in [3.05, 3.63) is 65.2 Å². The topological polar surface area (TPSA) is 62.1 Å². The molecule has 4 nitrogen and oxygen atoms in total. The molecule has 0 fully saturated rings. The Kier molecular flexibility index (Phi) is 6.19. The van der Waals surface area contributed by atoms with Crippen molar-refractivity contribution in [2.75, 3.05) is 6.54 Å². The van der Waals surface area contributed by atoms with E-state index in [1.807, 2.05) is 42.5 Å². The first-order chi connectivity index (χ1) is 11.2. The molecule has 1 N–H and O–H groups in total. The van der Waals surface area contributed by atoms with Gasteiger partial charge < -0.3 is 10.1 Å². The maximum atomic E-state index is 11.3. The van der Waals surface area contributed by atoms with Crippen LogP contribution >= 0.6 is 0 Å².